The highest BCUT2D eigenvalue weighted by Crippen LogP contribution is 2.21. The summed E-state index contributed by atoms with van der Waals surface area (Å²) in [5, 5.41) is 0. The number of carbonyl (C=O) groups excluding carboxylic acids is 1. The van der Waals surface area contributed by atoms with Gasteiger partial charge in [-0.1, -0.05) is 20.8 Å². The summed E-state index contributed by atoms with van der Waals surface area (Å²) in [7, 11) is 0. The van der Waals surface area contributed by atoms with Crippen molar-refractivity contribution in [2.45, 2.75) is 46.1 Å². The lowest BCUT2D eigenvalue weighted by atomic mass is 9.86. The SMILES string of the molecule is CC(C)(C)CC(N)CC(=O)Cc1ccncc1. The third-order valence-corrected chi connectivity index (χ3v) is 2.52. The van der Waals surface area contributed by atoms with Crippen molar-refractivity contribution in [3.63, 3.8) is 0 Å². The van der Waals surface area contributed by atoms with Gasteiger partial charge in [-0.3, -0.25) is 9.78 Å². The Bertz CT molecular complexity index is 354. The first-order valence-corrected chi connectivity index (χ1v) is 6.03. The van der Waals surface area contributed by atoms with Crippen molar-refractivity contribution in [1.29, 1.82) is 0 Å². The van der Waals surface area contributed by atoms with Gasteiger partial charge in [0.1, 0.15) is 5.78 Å². The van der Waals surface area contributed by atoms with E-state index >= 15 is 0 Å². The van der Waals surface area contributed by atoms with Crippen molar-refractivity contribution in [3.05, 3.63) is 30.1 Å². The Morgan fingerprint density at radius 1 is 1.35 bits per heavy atom. The van der Waals surface area contributed by atoms with Crippen LogP contribution >= 0.6 is 0 Å². The third-order valence-electron chi connectivity index (χ3n) is 2.52. The van der Waals surface area contributed by atoms with Crippen LogP contribution in [0.1, 0.15) is 39.2 Å². The van der Waals surface area contributed by atoms with Gasteiger partial charge in [-0.25, -0.2) is 0 Å². The summed E-state index contributed by atoms with van der Waals surface area (Å²) in [6, 6.07) is 3.70. The molecule has 3 heteroatoms. The summed E-state index contributed by atoms with van der Waals surface area (Å²) < 4.78 is 0. The predicted molar refractivity (Wildman–Crippen MR) is 69.6 cm³/mol. The van der Waals surface area contributed by atoms with Crippen LogP contribution in [0.5, 0.6) is 0 Å². The Kier molecular flexibility index (Phi) is 4.82. The molecule has 1 atom stereocenters. The molecule has 94 valence electrons. The van der Waals surface area contributed by atoms with Crippen LogP contribution < -0.4 is 5.73 Å². The molecule has 0 aliphatic carbocycles. The monoisotopic (exact) mass is 234 g/mol. The maximum absolute atomic E-state index is 11.8. The van der Waals surface area contributed by atoms with Crippen molar-refractivity contribution in [2.75, 3.05) is 0 Å². The van der Waals surface area contributed by atoms with Crippen LogP contribution in [0.3, 0.4) is 0 Å². The Morgan fingerprint density at radius 2 is 1.94 bits per heavy atom. The topological polar surface area (TPSA) is 56.0 Å². The first-order chi connectivity index (χ1) is 7.87. The number of pyridine rings is 1. The fraction of sp³-hybridized carbons (Fsp3) is 0.571. The van der Waals surface area contributed by atoms with E-state index in [1.165, 1.54) is 0 Å². The minimum atomic E-state index is -0.0377. The second-order valence-electron chi connectivity index (χ2n) is 5.80. The molecule has 0 aliphatic rings. The Labute approximate surface area is 103 Å². The molecule has 0 saturated heterocycles. The molecule has 0 bridgehead atoms. The standard InChI is InChI=1S/C14H22N2O/c1-14(2,3)10-12(15)9-13(17)8-11-4-6-16-7-5-11/h4-7,12H,8-10,15H2,1-3H3. The smallest absolute Gasteiger partial charge is 0.138 e. The van der Waals surface area contributed by atoms with E-state index in [1.54, 1.807) is 12.4 Å². The van der Waals surface area contributed by atoms with Crippen molar-refractivity contribution in [1.82, 2.24) is 4.98 Å². The lowest BCUT2D eigenvalue weighted by Crippen LogP contribution is -2.29. The normalized spacial score (nSPS) is 13.4. The van der Waals surface area contributed by atoms with E-state index in [4.69, 9.17) is 5.73 Å². The van der Waals surface area contributed by atoms with Crippen LogP contribution in [-0.4, -0.2) is 16.8 Å². The Hall–Kier alpha value is -1.22. The second kappa shape index (κ2) is 5.92. The van der Waals surface area contributed by atoms with Gasteiger partial charge in [0.15, 0.2) is 0 Å². The first-order valence-electron chi connectivity index (χ1n) is 6.03. The molecule has 0 amide bonds. The van der Waals surface area contributed by atoms with E-state index < -0.39 is 0 Å². The lowest BCUT2D eigenvalue weighted by Gasteiger charge is -2.22. The van der Waals surface area contributed by atoms with Crippen LogP contribution in [0.4, 0.5) is 0 Å². The average molecular weight is 234 g/mol. The highest BCUT2D eigenvalue weighted by molar-refractivity contribution is 5.81. The molecule has 3 nitrogen and oxygen atoms in total. The van der Waals surface area contributed by atoms with Gasteiger partial charge < -0.3 is 5.73 Å². The molecule has 0 spiro atoms. The van der Waals surface area contributed by atoms with Gasteiger partial charge in [0.05, 0.1) is 0 Å². The van der Waals surface area contributed by atoms with Crippen LogP contribution in [-0.2, 0) is 11.2 Å². The number of rotatable bonds is 5. The molecular weight excluding hydrogens is 212 g/mol. The molecule has 0 radical (unpaired) electrons. The number of nitrogens with zero attached hydrogens (tertiary/aromatic N) is 1. The molecule has 1 heterocycles. The maximum atomic E-state index is 11.8. The van der Waals surface area contributed by atoms with Gasteiger partial charge in [0.25, 0.3) is 0 Å². The maximum Gasteiger partial charge on any atom is 0.138 e. The van der Waals surface area contributed by atoms with Crippen molar-refractivity contribution in [3.8, 4) is 0 Å². The molecule has 1 aromatic rings. The zero-order chi connectivity index (χ0) is 12.9. The van der Waals surface area contributed by atoms with E-state index in [0.717, 1.165) is 12.0 Å². The summed E-state index contributed by atoms with van der Waals surface area (Å²) in [4.78, 5) is 15.7. The summed E-state index contributed by atoms with van der Waals surface area (Å²) in [6.07, 6.45) is 5.20. The highest BCUT2D eigenvalue weighted by Gasteiger charge is 2.18. The number of carbonyl (C=O) groups is 1. The van der Waals surface area contributed by atoms with E-state index in [9.17, 15) is 4.79 Å². The van der Waals surface area contributed by atoms with Gasteiger partial charge in [0.2, 0.25) is 0 Å². The van der Waals surface area contributed by atoms with E-state index in [2.05, 4.69) is 25.8 Å². The zero-order valence-electron chi connectivity index (χ0n) is 10.9. The fourth-order valence-electron chi connectivity index (χ4n) is 1.95. The van der Waals surface area contributed by atoms with E-state index in [1.807, 2.05) is 12.1 Å². The second-order valence-corrected chi connectivity index (χ2v) is 5.80. The van der Waals surface area contributed by atoms with E-state index in [-0.39, 0.29) is 17.2 Å². The van der Waals surface area contributed by atoms with Crippen molar-refractivity contribution in [2.24, 2.45) is 11.1 Å². The molecule has 0 aliphatic heterocycles. The van der Waals surface area contributed by atoms with Gasteiger partial charge >= 0.3 is 0 Å². The number of Topliss-reactive ketones (excluding diaryl/α,β-unsaturated/α-hetero) is 1. The number of hydrogen-bond acceptors (Lipinski definition) is 3. The minimum Gasteiger partial charge on any atom is -0.327 e. The summed E-state index contributed by atoms with van der Waals surface area (Å²) in [6.45, 7) is 6.42. The fourth-order valence-corrected chi connectivity index (χ4v) is 1.95. The molecule has 1 rings (SSSR count). The molecule has 0 aromatic carbocycles. The molecule has 2 N–H and O–H groups in total. The molecule has 0 fully saturated rings. The zero-order valence-corrected chi connectivity index (χ0v) is 10.9. The summed E-state index contributed by atoms with van der Waals surface area (Å²) >= 11 is 0. The van der Waals surface area contributed by atoms with Crippen LogP contribution in [0, 0.1) is 5.41 Å². The van der Waals surface area contributed by atoms with Gasteiger partial charge in [-0.05, 0) is 29.5 Å². The number of hydrogen-bond donors (Lipinski definition) is 1. The third kappa shape index (κ3) is 6.17. The highest BCUT2D eigenvalue weighted by atomic mass is 16.1. The number of nitrogens with two attached hydrogens (primary N) is 1. The van der Waals surface area contributed by atoms with Gasteiger partial charge in [-0.15, -0.1) is 0 Å². The minimum absolute atomic E-state index is 0.0377. The summed E-state index contributed by atoms with van der Waals surface area (Å²) in [5.74, 6) is 0.202. The Morgan fingerprint density at radius 3 is 2.47 bits per heavy atom. The lowest BCUT2D eigenvalue weighted by molar-refractivity contribution is -0.118. The number of ketones is 1. The van der Waals surface area contributed by atoms with E-state index in [0.29, 0.717) is 12.8 Å². The summed E-state index contributed by atoms with van der Waals surface area (Å²) in [5.41, 5.74) is 7.17. The largest absolute Gasteiger partial charge is 0.327 e. The molecular formula is C14H22N2O. The quantitative estimate of drug-likeness (QED) is 0.850. The first kappa shape index (κ1) is 13.8. The van der Waals surface area contributed by atoms with Crippen LogP contribution in [0.25, 0.3) is 0 Å². The average Bonchev–Trinajstić information content (AvgIpc) is 2.15. The number of aromatic nitrogens is 1. The van der Waals surface area contributed by atoms with Crippen LogP contribution in [0.2, 0.25) is 0 Å². The molecule has 1 aromatic heterocycles. The molecule has 17 heavy (non-hydrogen) atoms. The van der Waals surface area contributed by atoms with Crippen molar-refractivity contribution < 1.29 is 4.79 Å². The van der Waals surface area contributed by atoms with Gasteiger partial charge in [-0.2, -0.15) is 0 Å². The molecule has 1 unspecified atom stereocenters. The predicted octanol–water partition coefficient (Wildman–Crippen LogP) is 2.35. The van der Waals surface area contributed by atoms with Crippen molar-refractivity contribution >= 4 is 5.78 Å². The molecule has 0 saturated carbocycles. The van der Waals surface area contributed by atoms with Crippen LogP contribution in [0.15, 0.2) is 24.5 Å². The Balaban J connectivity index is 2.40. The van der Waals surface area contributed by atoms with Gasteiger partial charge in [0, 0.05) is 31.3 Å².